The molecule has 0 aromatic rings. The number of halogens is 7. The zero-order chi connectivity index (χ0) is 12.3. The average Bonchev–Trinajstić information content (AvgIpc) is 2.02. The van der Waals surface area contributed by atoms with Crippen molar-refractivity contribution in [2.45, 2.75) is 30.9 Å². The van der Waals surface area contributed by atoms with Gasteiger partial charge in [0, 0.05) is 6.42 Å². The van der Waals surface area contributed by atoms with E-state index >= 15 is 0 Å². The number of hydrogen-bond acceptors (Lipinski definition) is 1. The molecule has 0 rings (SSSR count). The Hall–Kier alpha value is -0.530. The quantitative estimate of drug-likeness (QED) is 0.576. The topological polar surface area (TPSA) is 12.0 Å². The molecule has 0 aliphatic carbocycles. The third kappa shape index (κ3) is 3.22. The Morgan fingerprint density at radius 1 is 0.933 bits per heavy atom. The molecule has 0 aromatic heterocycles. The lowest BCUT2D eigenvalue weighted by molar-refractivity contribution is -0.355. The highest BCUT2D eigenvalue weighted by Crippen LogP contribution is 2.48. The van der Waals surface area contributed by atoms with Gasteiger partial charge in [-0.2, -0.15) is 30.7 Å². The molecule has 1 nitrogen and oxygen atoms in total. The lowest BCUT2D eigenvalue weighted by Crippen LogP contribution is -2.52. The monoisotopic (exact) mass is 241 g/mol. The van der Waals surface area contributed by atoms with Gasteiger partial charge in [0.1, 0.15) is 0 Å². The van der Waals surface area contributed by atoms with Crippen LogP contribution in [0.25, 0.3) is 0 Å². The minimum absolute atomic E-state index is 0.0521. The Balaban J connectivity index is 4.56. The third-order valence-electron chi connectivity index (χ3n) is 1.73. The molecule has 0 saturated heterocycles. The number of alkyl halides is 7. The maximum atomic E-state index is 12.5. The molecule has 0 aromatic carbocycles. The minimum atomic E-state index is -6.23. The maximum absolute atomic E-state index is 12.5. The molecule has 15 heavy (non-hydrogen) atoms. The van der Waals surface area contributed by atoms with Gasteiger partial charge in [-0.25, -0.2) is 0 Å². The predicted octanol–water partition coefficient (Wildman–Crippen LogP) is 2.82. The fraction of sp³-hybridized carbons (Fsp3) is 1.00. The van der Waals surface area contributed by atoms with Crippen LogP contribution in [-0.4, -0.2) is 31.6 Å². The van der Waals surface area contributed by atoms with E-state index in [1.54, 1.807) is 0 Å². The summed E-state index contributed by atoms with van der Waals surface area (Å²) in [7, 11) is 1.38. The van der Waals surface area contributed by atoms with Crippen molar-refractivity contribution in [2.75, 3.05) is 13.6 Å². The molecule has 0 aliphatic heterocycles. The molecular weight excluding hydrogens is 231 g/mol. The highest BCUT2D eigenvalue weighted by molar-refractivity contribution is 4.90. The van der Waals surface area contributed by atoms with Gasteiger partial charge < -0.3 is 5.32 Å². The van der Waals surface area contributed by atoms with E-state index in [-0.39, 0.29) is 6.54 Å². The van der Waals surface area contributed by atoms with Crippen molar-refractivity contribution in [1.29, 1.82) is 0 Å². The van der Waals surface area contributed by atoms with E-state index in [0.717, 1.165) is 0 Å². The molecule has 0 saturated carbocycles. The van der Waals surface area contributed by atoms with Gasteiger partial charge in [0.25, 0.3) is 0 Å². The summed E-state index contributed by atoms with van der Waals surface area (Å²) in [5, 5.41) is 2.37. The highest BCUT2D eigenvalue weighted by atomic mass is 19.4. The minimum Gasteiger partial charge on any atom is -0.320 e. The lowest BCUT2D eigenvalue weighted by Gasteiger charge is -2.28. The molecule has 0 unspecified atom stereocenters. The van der Waals surface area contributed by atoms with Crippen LogP contribution in [-0.2, 0) is 0 Å². The predicted molar refractivity (Wildman–Crippen MR) is 39.1 cm³/mol. The van der Waals surface area contributed by atoms with Crippen LogP contribution in [0.15, 0.2) is 0 Å². The van der Waals surface area contributed by atoms with Crippen molar-refractivity contribution >= 4 is 0 Å². The third-order valence-corrected chi connectivity index (χ3v) is 1.73. The molecular formula is C7H10F7N. The van der Waals surface area contributed by atoms with Crippen LogP contribution in [0.1, 0.15) is 12.8 Å². The SMILES string of the molecule is CNCCCC(F)(F)C(F)(F)C(F)(F)F. The summed E-state index contributed by atoms with van der Waals surface area (Å²) in [4.78, 5) is 0. The smallest absolute Gasteiger partial charge is 0.320 e. The van der Waals surface area contributed by atoms with Crippen molar-refractivity contribution in [3.63, 3.8) is 0 Å². The van der Waals surface area contributed by atoms with Gasteiger partial charge in [0.2, 0.25) is 0 Å². The summed E-state index contributed by atoms with van der Waals surface area (Å²) in [5.74, 6) is -11.0. The zero-order valence-corrected chi connectivity index (χ0v) is 7.77. The van der Waals surface area contributed by atoms with E-state index in [0.29, 0.717) is 0 Å². The first-order chi connectivity index (χ1) is 6.56. The Morgan fingerprint density at radius 3 is 1.73 bits per heavy atom. The summed E-state index contributed by atoms with van der Waals surface area (Å²) < 4.78 is 84.3. The second-order valence-electron chi connectivity index (χ2n) is 2.98. The van der Waals surface area contributed by atoms with Crippen molar-refractivity contribution < 1.29 is 30.7 Å². The Labute approximate surface area is 81.6 Å². The molecule has 0 atom stereocenters. The van der Waals surface area contributed by atoms with E-state index in [1.807, 2.05) is 0 Å². The molecule has 0 radical (unpaired) electrons. The number of nitrogens with one attached hydrogen (secondary N) is 1. The highest BCUT2D eigenvalue weighted by Gasteiger charge is 2.72. The van der Waals surface area contributed by atoms with Crippen LogP contribution in [0, 0.1) is 0 Å². The first kappa shape index (κ1) is 14.5. The van der Waals surface area contributed by atoms with Gasteiger partial charge in [-0.3, -0.25) is 0 Å². The zero-order valence-electron chi connectivity index (χ0n) is 7.77. The maximum Gasteiger partial charge on any atom is 0.459 e. The molecule has 0 bridgehead atoms. The van der Waals surface area contributed by atoms with Crippen molar-refractivity contribution in [3.05, 3.63) is 0 Å². The van der Waals surface area contributed by atoms with Crippen molar-refractivity contribution in [3.8, 4) is 0 Å². The fourth-order valence-electron chi connectivity index (χ4n) is 0.852. The van der Waals surface area contributed by atoms with E-state index in [9.17, 15) is 30.7 Å². The van der Waals surface area contributed by atoms with E-state index < -0.39 is 30.9 Å². The summed E-state index contributed by atoms with van der Waals surface area (Å²) in [6.07, 6.45) is -8.20. The standard InChI is InChI=1S/C7H10F7N/c1-15-4-2-3-5(8,9)6(10,11)7(12,13)14/h15H,2-4H2,1H3. The normalized spacial score (nSPS) is 14.4. The van der Waals surface area contributed by atoms with Crippen LogP contribution >= 0.6 is 0 Å². The van der Waals surface area contributed by atoms with Gasteiger partial charge in [-0.05, 0) is 20.0 Å². The molecule has 1 N–H and O–H groups in total. The van der Waals surface area contributed by atoms with Crippen LogP contribution in [0.5, 0.6) is 0 Å². The second-order valence-corrected chi connectivity index (χ2v) is 2.98. The largest absolute Gasteiger partial charge is 0.459 e. The molecule has 0 amide bonds. The van der Waals surface area contributed by atoms with Crippen molar-refractivity contribution in [2.24, 2.45) is 0 Å². The average molecular weight is 241 g/mol. The van der Waals surface area contributed by atoms with Gasteiger partial charge in [0.05, 0.1) is 0 Å². The molecule has 0 spiro atoms. The number of hydrogen-bond donors (Lipinski definition) is 1. The van der Waals surface area contributed by atoms with E-state index in [4.69, 9.17) is 0 Å². The molecule has 0 aliphatic rings. The van der Waals surface area contributed by atoms with E-state index in [2.05, 4.69) is 5.32 Å². The van der Waals surface area contributed by atoms with Crippen molar-refractivity contribution in [1.82, 2.24) is 5.32 Å². The van der Waals surface area contributed by atoms with E-state index in [1.165, 1.54) is 7.05 Å². The molecule has 8 heteroatoms. The number of rotatable bonds is 5. The Kier molecular flexibility index (Phi) is 4.38. The van der Waals surface area contributed by atoms with Crippen LogP contribution in [0.4, 0.5) is 30.7 Å². The molecule has 92 valence electrons. The lowest BCUT2D eigenvalue weighted by atomic mass is 10.1. The summed E-state index contributed by atoms with van der Waals surface area (Å²) in [6, 6.07) is 0. The van der Waals surface area contributed by atoms with Crippen LogP contribution < -0.4 is 5.32 Å². The van der Waals surface area contributed by atoms with Gasteiger partial charge >= 0.3 is 18.0 Å². The summed E-state index contributed by atoms with van der Waals surface area (Å²) >= 11 is 0. The van der Waals surface area contributed by atoms with Crippen LogP contribution in [0.2, 0.25) is 0 Å². The Morgan fingerprint density at radius 2 is 1.40 bits per heavy atom. The Bertz CT molecular complexity index is 198. The van der Waals surface area contributed by atoms with Crippen LogP contribution in [0.3, 0.4) is 0 Å². The fourth-order valence-corrected chi connectivity index (χ4v) is 0.852. The second kappa shape index (κ2) is 4.54. The first-order valence-corrected chi connectivity index (χ1v) is 4.03. The summed E-state index contributed by atoms with van der Waals surface area (Å²) in [6.45, 7) is -0.0521. The molecule has 0 heterocycles. The van der Waals surface area contributed by atoms with Gasteiger partial charge in [0.15, 0.2) is 0 Å². The first-order valence-electron chi connectivity index (χ1n) is 4.03. The summed E-state index contributed by atoms with van der Waals surface area (Å²) in [5.41, 5.74) is 0. The van der Waals surface area contributed by atoms with Gasteiger partial charge in [-0.1, -0.05) is 0 Å². The van der Waals surface area contributed by atoms with Gasteiger partial charge in [-0.15, -0.1) is 0 Å². The molecule has 0 fully saturated rings.